The van der Waals surface area contributed by atoms with Crippen LogP contribution in [0.15, 0.2) is 30.5 Å². The van der Waals surface area contributed by atoms with Gasteiger partial charge in [-0.2, -0.15) is 0 Å². The maximum atomic E-state index is 12.5. The van der Waals surface area contributed by atoms with Gasteiger partial charge in [-0.3, -0.25) is 4.79 Å². The van der Waals surface area contributed by atoms with Gasteiger partial charge in [0.2, 0.25) is 0 Å². The number of nitrogens with zero attached hydrogens (tertiary/aromatic N) is 2. The molecule has 1 aromatic carbocycles. The molecule has 112 valence electrons. The Labute approximate surface area is 129 Å². The van der Waals surface area contributed by atoms with Gasteiger partial charge in [0, 0.05) is 32.4 Å². The Balaban J connectivity index is 2.21. The van der Waals surface area contributed by atoms with Crippen molar-refractivity contribution in [3.63, 3.8) is 0 Å². The van der Waals surface area contributed by atoms with Crippen LogP contribution in [0.1, 0.15) is 21.6 Å². The van der Waals surface area contributed by atoms with E-state index in [4.69, 9.17) is 16.3 Å². The number of methoxy groups -OCH3 is 1. The Morgan fingerprint density at radius 1 is 1.38 bits per heavy atom. The first kappa shape index (κ1) is 15.4. The van der Waals surface area contributed by atoms with Crippen molar-refractivity contribution in [1.29, 1.82) is 0 Å². The van der Waals surface area contributed by atoms with E-state index in [1.54, 1.807) is 42.9 Å². The van der Waals surface area contributed by atoms with Crippen LogP contribution in [0.2, 0.25) is 5.02 Å². The highest BCUT2D eigenvalue weighted by Crippen LogP contribution is 2.22. The van der Waals surface area contributed by atoms with Crippen LogP contribution >= 0.6 is 11.6 Å². The van der Waals surface area contributed by atoms with Crippen molar-refractivity contribution in [2.45, 2.75) is 13.5 Å². The number of hydrogen-bond donors (Lipinski definition) is 0. The highest BCUT2D eigenvalue weighted by atomic mass is 35.5. The van der Waals surface area contributed by atoms with Crippen LogP contribution in [-0.2, 0) is 13.6 Å². The average Bonchev–Trinajstić information content (AvgIpc) is 2.77. The van der Waals surface area contributed by atoms with Crippen LogP contribution in [0, 0.1) is 6.92 Å². The monoisotopic (exact) mass is 306 g/mol. The van der Waals surface area contributed by atoms with E-state index in [-0.39, 0.29) is 5.91 Å². The molecule has 1 amide bonds. The third kappa shape index (κ3) is 3.39. The van der Waals surface area contributed by atoms with Crippen LogP contribution in [0.4, 0.5) is 0 Å². The van der Waals surface area contributed by atoms with E-state index in [1.807, 2.05) is 25.1 Å². The van der Waals surface area contributed by atoms with E-state index in [0.29, 0.717) is 17.3 Å². The van der Waals surface area contributed by atoms with Gasteiger partial charge in [-0.15, -0.1) is 0 Å². The highest BCUT2D eigenvalue weighted by molar-refractivity contribution is 6.31. The van der Waals surface area contributed by atoms with E-state index >= 15 is 0 Å². The smallest absolute Gasteiger partial charge is 0.270 e. The number of carbonyl (C=O) groups is 1. The van der Waals surface area contributed by atoms with E-state index in [1.165, 1.54) is 0 Å². The first-order valence-electron chi connectivity index (χ1n) is 6.63. The largest absolute Gasteiger partial charge is 0.496 e. The molecule has 0 atom stereocenters. The minimum Gasteiger partial charge on any atom is -0.496 e. The maximum absolute atomic E-state index is 12.5. The highest BCUT2D eigenvalue weighted by Gasteiger charge is 2.17. The molecular weight excluding hydrogens is 288 g/mol. The zero-order valence-corrected chi connectivity index (χ0v) is 13.4. The van der Waals surface area contributed by atoms with Crippen LogP contribution in [0.3, 0.4) is 0 Å². The number of ether oxygens (including phenoxy) is 1. The van der Waals surface area contributed by atoms with Crippen molar-refractivity contribution in [1.82, 2.24) is 9.47 Å². The van der Waals surface area contributed by atoms with Crippen LogP contribution in [-0.4, -0.2) is 29.5 Å². The molecule has 1 aromatic heterocycles. The van der Waals surface area contributed by atoms with Gasteiger partial charge in [0.05, 0.1) is 12.1 Å². The van der Waals surface area contributed by atoms with Crippen LogP contribution in [0.5, 0.6) is 5.75 Å². The third-order valence-electron chi connectivity index (χ3n) is 3.38. The summed E-state index contributed by atoms with van der Waals surface area (Å²) in [4.78, 5) is 14.1. The minimum absolute atomic E-state index is 0.0760. The fourth-order valence-corrected chi connectivity index (χ4v) is 2.54. The quantitative estimate of drug-likeness (QED) is 0.869. The summed E-state index contributed by atoms with van der Waals surface area (Å²) in [6.45, 7) is 2.49. The number of carbonyl (C=O) groups excluding carboxylic acids is 1. The zero-order valence-electron chi connectivity index (χ0n) is 12.7. The summed E-state index contributed by atoms with van der Waals surface area (Å²) >= 11 is 5.93. The van der Waals surface area contributed by atoms with Gasteiger partial charge >= 0.3 is 0 Å². The van der Waals surface area contributed by atoms with E-state index < -0.39 is 0 Å². The summed E-state index contributed by atoms with van der Waals surface area (Å²) in [5.74, 6) is 0.707. The molecule has 0 unspecified atom stereocenters. The lowest BCUT2D eigenvalue weighted by molar-refractivity contribution is 0.0774. The number of hydrogen-bond acceptors (Lipinski definition) is 2. The second kappa shape index (κ2) is 6.22. The van der Waals surface area contributed by atoms with Gasteiger partial charge in [-0.1, -0.05) is 29.3 Å². The molecule has 5 heteroatoms. The summed E-state index contributed by atoms with van der Waals surface area (Å²) in [7, 11) is 5.21. The Morgan fingerprint density at radius 3 is 2.67 bits per heavy atom. The SMILES string of the molecule is COc1ccc(C)cc1CN(C)C(=O)c1cc(Cl)cn1C. The normalized spacial score (nSPS) is 10.5. The van der Waals surface area contributed by atoms with E-state index in [2.05, 4.69) is 0 Å². The van der Waals surface area contributed by atoms with Gasteiger partial charge in [0.15, 0.2) is 0 Å². The second-order valence-corrected chi connectivity index (χ2v) is 5.57. The molecule has 0 fully saturated rings. The molecule has 0 N–H and O–H groups in total. The maximum Gasteiger partial charge on any atom is 0.270 e. The number of rotatable bonds is 4. The Hall–Kier alpha value is -1.94. The molecule has 0 aliphatic heterocycles. The molecule has 0 spiro atoms. The van der Waals surface area contributed by atoms with Crippen molar-refractivity contribution in [2.75, 3.05) is 14.2 Å². The van der Waals surface area contributed by atoms with Gasteiger partial charge in [-0.05, 0) is 19.1 Å². The first-order valence-corrected chi connectivity index (χ1v) is 7.01. The molecule has 0 bridgehead atoms. The summed E-state index contributed by atoms with van der Waals surface area (Å²) < 4.78 is 7.08. The summed E-state index contributed by atoms with van der Waals surface area (Å²) in [5, 5.41) is 0.558. The predicted octanol–water partition coefficient (Wildman–Crippen LogP) is 3.27. The minimum atomic E-state index is -0.0760. The lowest BCUT2D eigenvalue weighted by atomic mass is 10.1. The molecular formula is C16H19ClN2O2. The number of aromatic nitrogens is 1. The molecule has 0 aliphatic rings. The van der Waals surface area contributed by atoms with Gasteiger partial charge in [0.25, 0.3) is 5.91 Å². The molecule has 4 nitrogen and oxygen atoms in total. The van der Waals surface area contributed by atoms with Crippen LogP contribution < -0.4 is 4.74 Å². The Kier molecular flexibility index (Phi) is 4.58. The number of amides is 1. The summed E-state index contributed by atoms with van der Waals surface area (Å²) in [5.41, 5.74) is 2.68. The molecule has 0 saturated carbocycles. The summed E-state index contributed by atoms with van der Waals surface area (Å²) in [6, 6.07) is 7.61. The van der Waals surface area contributed by atoms with Crippen LogP contribution in [0.25, 0.3) is 0 Å². The number of halogens is 1. The predicted molar refractivity (Wildman–Crippen MR) is 84.0 cm³/mol. The molecule has 2 rings (SSSR count). The van der Waals surface area contributed by atoms with Gasteiger partial charge in [-0.25, -0.2) is 0 Å². The van der Waals surface area contributed by atoms with Crippen molar-refractivity contribution < 1.29 is 9.53 Å². The molecule has 2 aromatic rings. The lowest BCUT2D eigenvalue weighted by Crippen LogP contribution is -2.28. The molecule has 21 heavy (non-hydrogen) atoms. The fourth-order valence-electron chi connectivity index (χ4n) is 2.29. The van der Waals surface area contributed by atoms with Gasteiger partial charge in [0.1, 0.15) is 11.4 Å². The molecule has 1 heterocycles. The molecule has 0 aliphatic carbocycles. The molecule has 0 radical (unpaired) electrons. The van der Waals surface area contributed by atoms with Gasteiger partial charge < -0.3 is 14.2 Å². The Bertz CT molecular complexity index is 664. The van der Waals surface area contributed by atoms with Crippen molar-refractivity contribution in [2.24, 2.45) is 7.05 Å². The van der Waals surface area contributed by atoms with Crippen molar-refractivity contribution >= 4 is 17.5 Å². The Morgan fingerprint density at radius 2 is 2.10 bits per heavy atom. The third-order valence-corrected chi connectivity index (χ3v) is 3.59. The number of benzene rings is 1. The first-order chi connectivity index (χ1) is 9.92. The molecule has 0 saturated heterocycles. The topological polar surface area (TPSA) is 34.5 Å². The second-order valence-electron chi connectivity index (χ2n) is 5.13. The van der Waals surface area contributed by atoms with Crippen molar-refractivity contribution in [3.05, 3.63) is 52.3 Å². The lowest BCUT2D eigenvalue weighted by Gasteiger charge is -2.19. The number of aryl methyl sites for hydroxylation is 2. The van der Waals surface area contributed by atoms with E-state index in [9.17, 15) is 4.79 Å². The standard InChI is InChI=1S/C16H19ClN2O2/c1-11-5-6-15(21-4)12(7-11)9-19(3)16(20)14-8-13(17)10-18(14)2/h5-8,10H,9H2,1-4H3. The van der Waals surface area contributed by atoms with E-state index in [0.717, 1.165) is 16.9 Å². The summed E-state index contributed by atoms with van der Waals surface area (Å²) in [6.07, 6.45) is 1.72. The zero-order chi connectivity index (χ0) is 15.6. The average molecular weight is 307 g/mol. The fraction of sp³-hybridized carbons (Fsp3) is 0.312. The van der Waals surface area contributed by atoms with Crippen molar-refractivity contribution in [3.8, 4) is 5.75 Å².